The first-order valence-corrected chi connectivity index (χ1v) is 4.86. The van der Waals surface area contributed by atoms with Gasteiger partial charge in [-0.1, -0.05) is 0 Å². The Bertz CT molecular complexity index is 200. The van der Waals surface area contributed by atoms with Gasteiger partial charge in [-0.05, 0) is 19.8 Å². The number of aliphatic hydroxyl groups is 2. The predicted octanol–water partition coefficient (Wildman–Crippen LogP) is -1.40. The van der Waals surface area contributed by atoms with E-state index in [9.17, 15) is 4.79 Å². The van der Waals surface area contributed by atoms with Gasteiger partial charge >= 0.3 is 0 Å². The largest absolute Gasteiger partial charge is 0.394 e. The van der Waals surface area contributed by atoms with Crippen molar-refractivity contribution in [3.8, 4) is 0 Å². The predicted molar refractivity (Wildman–Crippen MR) is 51.7 cm³/mol. The van der Waals surface area contributed by atoms with Crippen molar-refractivity contribution < 1.29 is 15.0 Å². The number of carbonyl (C=O) groups excluding carboxylic acids is 1. The van der Waals surface area contributed by atoms with Crippen LogP contribution in [0.1, 0.15) is 19.8 Å². The summed E-state index contributed by atoms with van der Waals surface area (Å²) in [5.41, 5.74) is -0.777. The Morgan fingerprint density at radius 3 is 2.43 bits per heavy atom. The summed E-state index contributed by atoms with van der Waals surface area (Å²) in [6.07, 6.45) is 2.12. The molecular weight excluding hydrogens is 184 g/mol. The molecule has 4 N–H and O–H groups in total. The van der Waals surface area contributed by atoms with E-state index in [1.165, 1.54) is 0 Å². The highest BCUT2D eigenvalue weighted by Gasteiger charge is 2.25. The van der Waals surface area contributed by atoms with Crippen LogP contribution in [0.5, 0.6) is 0 Å². The molecule has 1 fully saturated rings. The number of amides is 1. The topological polar surface area (TPSA) is 81.6 Å². The number of carbonyl (C=O) groups is 1. The fraction of sp³-hybridized carbons (Fsp3) is 0.889. The second-order valence-electron chi connectivity index (χ2n) is 4.07. The summed E-state index contributed by atoms with van der Waals surface area (Å²) in [5, 5.41) is 23.5. The van der Waals surface area contributed by atoms with Gasteiger partial charge in [-0.3, -0.25) is 10.1 Å². The summed E-state index contributed by atoms with van der Waals surface area (Å²) in [6.45, 7) is 1.41. The van der Waals surface area contributed by atoms with E-state index in [1.54, 1.807) is 6.92 Å². The molecule has 1 aliphatic rings. The third-order valence-electron chi connectivity index (χ3n) is 2.32. The molecule has 14 heavy (non-hydrogen) atoms. The molecule has 82 valence electrons. The smallest absolute Gasteiger partial charge is 0.234 e. The van der Waals surface area contributed by atoms with Crippen molar-refractivity contribution in [2.45, 2.75) is 31.3 Å². The van der Waals surface area contributed by atoms with E-state index < -0.39 is 5.54 Å². The molecule has 0 spiro atoms. The maximum atomic E-state index is 11.2. The number of nitrogens with one attached hydrogen (secondary N) is 2. The molecule has 0 aliphatic heterocycles. The average molecular weight is 202 g/mol. The van der Waals surface area contributed by atoms with Gasteiger partial charge in [0.1, 0.15) is 0 Å². The van der Waals surface area contributed by atoms with Crippen LogP contribution in [0.2, 0.25) is 0 Å². The highest BCUT2D eigenvalue weighted by molar-refractivity contribution is 5.78. The van der Waals surface area contributed by atoms with E-state index in [-0.39, 0.29) is 25.7 Å². The normalized spacial score (nSPS) is 16.8. The van der Waals surface area contributed by atoms with E-state index in [0.717, 1.165) is 12.8 Å². The third kappa shape index (κ3) is 3.61. The van der Waals surface area contributed by atoms with E-state index in [1.807, 2.05) is 0 Å². The van der Waals surface area contributed by atoms with E-state index >= 15 is 0 Å². The monoisotopic (exact) mass is 202 g/mol. The van der Waals surface area contributed by atoms with Crippen LogP contribution in [0.4, 0.5) is 0 Å². The first-order chi connectivity index (χ1) is 6.59. The van der Waals surface area contributed by atoms with Crippen LogP contribution in [-0.4, -0.2) is 47.5 Å². The molecule has 0 radical (unpaired) electrons. The van der Waals surface area contributed by atoms with Crippen LogP contribution < -0.4 is 10.6 Å². The van der Waals surface area contributed by atoms with Crippen molar-refractivity contribution in [2.24, 2.45) is 0 Å². The summed E-state index contributed by atoms with van der Waals surface area (Å²) in [6, 6.07) is 0.346. The fourth-order valence-corrected chi connectivity index (χ4v) is 0.962. The van der Waals surface area contributed by atoms with Gasteiger partial charge in [-0.25, -0.2) is 0 Å². The quantitative estimate of drug-likeness (QED) is 0.427. The Labute approximate surface area is 83.5 Å². The molecule has 0 atom stereocenters. The molecule has 1 saturated carbocycles. The van der Waals surface area contributed by atoms with E-state index in [0.29, 0.717) is 6.04 Å². The third-order valence-corrected chi connectivity index (χ3v) is 2.32. The Morgan fingerprint density at radius 1 is 1.43 bits per heavy atom. The molecule has 0 unspecified atom stereocenters. The minimum absolute atomic E-state index is 0.0828. The van der Waals surface area contributed by atoms with Gasteiger partial charge in [0.15, 0.2) is 0 Å². The Hall–Kier alpha value is -0.650. The molecule has 5 heteroatoms. The van der Waals surface area contributed by atoms with Crippen molar-refractivity contribution in [3.05, 3.63) is 0 Å². The molecule has 0 aromatic rings. The summed E-state index contributed by atoms with van der Waals surface area (Å²) >= 11 is 0. The highest BCUT2D eigenvalue weighted by atomic mass is 16.3. The minimum atomic E-state index is -0.777. The van der Waals surface area contributed by atoms with Crippen LogP contribution in [0.15, 0.2) is 0 Å². The molecule has 1 amide bonds. The van der Waals surface area contributed by atoms with Gasteiger partial charge in [-0.2, -0.15) is 0 Å². The van der Waals surface area contributed by atoms with Crippen molar-refractivity contribution in [1.29, 1.82) is 0 Å². The van der Waals surface area contributed by atoms with Crippen LogP contribution >= 0.6 is 0 Å². The highest BCUT2D eigenvalue weighted by Crippen LogP contribution is 2.18. The van der Waals surface area contributed by atoms with Gasteiger partial charge < -0.3 is 15.5 Å². The molecule has 5 nitrogen and oxygen atoms in total. The Balaban J connectivity index is 2.19. The molecule has 0 bridgehead atoms. The molecular formula is C9H18N2O3. The summed E-state index contributed by atoms with van der Waals surface area (Å²) in [7, 11) is 0. The van der Waals surface area contributed by atoms with E-state index in [4.69, 9.17) is 10.2 Å². The van der Waals surface area contributed by atoms with Gasteiger partial charge in [0, 0.05) is 6.04 Å². The lowest BCUT2D eigenvalue weighted by atomic mass is 10.1. The zero-order chi connectivity index (χ0) is 10.6. The Kier molecular flexibility index (Phi) is 3.86. The maximum Gasteiger partial charge on any atom is 0.234 e. The number of hydrogen-bond donors (Lipinski definition) is 4. The molecule has 0 heterocycles. The fourth-order valence-electron chi connectivity index (χ4n) is 0.962. The lowest BCUT2D eigenvalue weighted by Gasteiger charge is -2.25. The lowest BCUT2D eigenvalue weighted by molar-refractivity contribution is -0.120. The average Bonchev–Trinajstić information content (AvgIpc) is 2.98. The second kappa shape index (κ2) is 4.72. The van der Waals surface area contributed by atoms with Crippen LogP contribution in [-0.2, 0) is 4.79 Å². The van der Waals surface area contributed by atoms with Crippen molar-refractivity contribution >= 4 is 5.91 Å². The van der Waals surface area contributed by atoms with Crippen LogP contribution in [0, 0.1) is 0 Å². The van der Waals surface area contributed by atoms with Crippen molar-refractivity contribution in [3.63, 3.8) is 0 Å². The van der Waals surface area contributed by atoms with Gasteiger partial charge in [-0.15, -0.1) is 0 Å². The number of rotatable bonds is 6. The minimum Gasteiger partial charge on any atom is -0.394 e. The standard InChI is InChI=1S/C9H18N2O3/c1-9(5-12,6-13)10-4-8(14)11-7-2-3-7/h7,10,12-13H,2-6H2,1H3,(H,11,14). The van der Waals surface area contributed by atoms with Crippen LogP contribution in [0.3, 0.4) is 0 Å². The van der Waals surface area contributed by atoms with Gasteiger partial charge in [0.2, 0.25) is 5.91 Å². The first kappa shape index (κ1) is 11.4. The summed E-state index contributed by atoms with van der Waals surface area (Å²) in [5.74, 6) is -0.0828. The number of aliphatic hydroxyl groups excluding tert-OH is 2. The lowest BCUT2D eigenvalue weighted by Crippen LogP contribution is -2.52. The first-order valence-electron chi connectivity index (χ1n) is 4.86. The zero-order valence-electron chi connectivity index (χ0n) is 8.42. The SMILES string of the molecule is CC(CO)(CO)NCC(=O)NC1CC1. The van der Waals surface area contributed by atoms with E-state index in [2.05, 4.69) is 10.6 Å². The van der Waals surface area contributed by atoms with Gasteiger partial charge in [0.25, 0.3) is 0 Å². The van der Waals surface area contributed by atoms with Crippen LogP contribution in [0.25, 0.3) is 0 Å². The molecule has 0 aromatic carbocycles. The summed E-state index contributed by atoms with van der Waals surface area (Å²) < 4.78 is 0. The second-order valence-corrected chi connectivity index (χ2v) is 4.07. The van der Waals surface area contributed by atoms with Crippen molar-refractivity contribution in [1.82, 2.24) is 10.6 Å². The molecule has 1 aliphatic carbocycles. The molecule has 0 saturated heterocycles. The number of hydrogen-bond acceptors (Lipinski definition) is 4. The Morgan fingerprint density at radius 2 is 2.00 bits per heavy atom. The zero-order valence-corrected chi connectivity index (χ0v) is 8.42. The summed E-state index contributed by atoms with van der Waals surface area (Å²) in [4.78, 5) is 11.2. The molecule has 1 rings (SSSR count). The van der Waals surface area contributed by atoms with Crippen molar-refractivity contribution in [2.75, 3.05) is 19.8 Å². The molecule has 0 aromatic heterocycles. The van der Waals surface area contributed by atoms with Gasteiger partial charge in [0.05, 0.1) is 25.3 Å². The maximum absolute atomic E-state index is 11.2.